The Labute approximate surface area is 123 Å². The zero-order valence-corrected chi connectivity index (χ0v) is 11.9. The Bertz CT molecular complexity index is 512. The molecule has 1 aromatic carbocycles. The SMILES string of the molecule is O=C1N(Cc2ccccc2)C2CCC=CC2C1(Cl)Cl. The van der Waals surface area contributed by atoms with E-state index in [1.807, 2.05) is 41.3 Å². The van der Waals surface area contributed by atoms with Gasteiger partial charge in [0.2, 0.25) is 4.33 Å². The molecular formula is C15H15Cl2NO. The molecular weight excluding hydrogens is 281 g/mol. The van der Waals surface area contributed by atoms with Crippen LogP contribution in [-0.4, -0.2) is 21.2 Å². The summed E-state index contributed by atoms with van der Waals surface area (Å²) in [5.74, 6) is -0.262. The summed E-state index contributed by atoms with van der Waals surface area (Å²) < 4.78 is -1.31. The minimum Gasteiger partial charge on any atom is -0.332 e. The lowest BCUT2D eigenvalue weighted by molar-refractivity contribution is -0.130. The van der Waals surface area contributed by atoms with Gasteiger partial charge in [0, 0.05) is 18.5 Å². The number of allylic oxidation sites excluding steroid dienone is 1. The van der Waals surface area contributed by atoms with Gasteiger partial charge in [-0.3, -0.25) is 4.79 Å². The first-order valence-corrected chi connectivity index (χ1v) is 7.26. The largest absolute Gasteiger partial charge is 0.332 e. The normalized spacial score (nSPS) is 28.5. The molecule has 19 heavy (non-hydrogen) atoms. The first-order chi connectivity index (χ1) is 9.10. The van der Waals surface area contributed by atoms with E-state index in [4.69, 9.17) is 23.2 Å². The van der Waals surface area contributed by atoms with E-state index < -0.39 is 4.33 Å². The molecule has 1 heterocycles. The fraction of sp³-hybridized carbons (Fsp3) is 0.400. The molecule has 1 aromatic rings. The summed E-state index contributed by atoms with van der Waals surface area (Å²) in [6, 6.07) is 10.1. The second-order valence-corrected chi connectivity index (χ2v) is 6.53. The van der Waals surface area contributed by atoms with E-state index >= 15 is 0 Å². The van der Waals surface area contributed by atoms with Crippen LogP contribution in [0.15, 0.2) is 42.5 Å². The average molecular weight is 296 g/mol. The maximum Gasteiger partial charge on any atom is 0.260 e. The molecule has 2 atom stereocenters. The van der Waals surface area contributed by atoms with Crippen LogP contribution in [0.2, 0.25) is 0 Å². The van der Waals surface area contributed by atoms with E-state index in [1.165, 1.54) is 0 Å². The average Bonchev–Trinajstić information content (AvgIpc) is 2.62. The number of nitrogens with zero attached hydrogens (tertiary/aromatic N) is 1. The number of halogens is 2. The number of carbonyl (C=O) groups is 1. The number of likely N-dealkylation sites (tertiary alicyclic amines) is 1. The van der Waals surface area contributed by atoms with Crippen molar-refractivity contribution in [1.29, 1.82) is 0 Å². The van der Waals surface area contributed by atoms with E-state index in [2.05, 4.69) is 6.08 Å². The fourth-order valence-electron chi connectivity index (χ4n) is 2.98. The Morgan fingerprint density at radius 3 is 2.74 bits per heavy atom. The summed E-state index contributed by atoms with van der Waals surface area (Å²) in [4.78, 5) is 14.3. The zero-order chi connectivity index (χ0) is 13.5. The van der Waals surface area contributed by atoms with Gasteiger partial charge in [-0.2, -0.15) is 0 Å². The smallest absolute Gasteiger partial charge is 0.260 e. The molecule has 2 aliphatic rings. The Balaban J connectivity index is 1.89. The van der Waals surface area contributed by atoms with Crippen molar-refractivity contribution in [2.75, 3.05) is 0 Å². The second-order valence-electron chi connectivity index (χ2n) is 5.14. The molecule has 0 spiro atoms. The molecule has 0 saturated carbocycles. The van der Waals surface area contributed by atoms with Gasteiger partial charge in [0.15, 0.2) is 0 Å². The number of benzene rings is 1. The molecule has 0 radical (unpaired) electrons. The molecule has 1 aliphatic carbocycles. The summed E-state index contributed by atoms with van der Waals surface area (Å²) in [5, 5.41) is 0. The molecule has 1 aliphatic heterocycles. The summed E-state index contributed by atoms with van der Waals surface area (Å²) in [7, 11) is 0. The van der Waals surface area contributed by atoms with Crippen molar-refractivity contribution in [3.05, 3.63) is 48.0 Å². The third-order valence-corrected chi connectivity index (χ3v) is 4.78. The van der Waals surface area contributed by atoms with Crippen LogP contribution in [0, 0.1) is 5.92 Å². The van der Waals surface area contributed by atoms with E-state index in [9.17, 15) is 4.79 Å². The summed E-state index contributed by atoms with van der Waals surface area (Å²) in [6.45, 7) is 0.579. The Morgan fingerprint density at radius 1 is 1.26 bits per heavy atom. The molecule has 3 rings (SSSR count). The van der Waals surface area contributed by atoms with Crippen LogP contribution in [-0.2, 0) is 11.3 Å². The molecule has 1 fully saturated rings. The molecule has 4 heteroatoms. The molecule has 100 valence electrons. The van der Waals surface area contributed by atoms with Crippen molar-refractivity contribution >= 4 is 29.1 Å². The molecule has 0 N–H and O–H groups in total. The van der Waals surface area contributed by atoms with Gasteiger partial charge in [0.05, 0.1) is 0 Å². The van der Waals surface area contributed by atoms with Gasteiger partial charge in [-0.25, -0.2) is 0 Å². The van der Waals surface area contributed by atoms with Crippen LogP contribution in [0.4, 0.5) is 0 Å². The van der Waals surface area contributed by atoms with Crippen LogP contribution < -0.4 is 0 Å². The van der Waals surface area contributed by atoms with E-state index in [1.54, 1.807) is 0 Å². The number of alkyl halides is 2. The first kappa shape index (κ1) is 13.0. The van der Waals surface area contributed by atoms with Crippen LogP contribution in [0.3, 0.4) is 0 Å². The van der Waals surface area contributed by atoms with Gasteiger partial charge < -0.3 is 4.90 Å². The second kappa shape index (κ2) is 4.84. The number of fused-ring (bicyclic) bond motifs is 1. The van der Waals surface area contributed by atoms with Gasteiger partial charge in [-0.15, -0.1) is 0 Å². The summed E-state index contributed by atoms with van der Waals surface area (Å²) in [6.07, 6.45) is 5.97. The fourth-order valence-corrected chi connectivity index (χ4v) is 3.64. The van der Waals surface area contributed by atoms with Gasteiger partial charge in [0.1, 0.15) is 0 Å². The van der Waals surface area contributed by atoms with Crippen molar-refractivity contribution in [2.24, 2.45) is 5.92 Å². The molecule has 1 amide bonds. The number of hydrogen-bond donors (Lipinski definition) is 0. The van der Waals surface area contributed by atoms with Crippen LogP contribution in [0.5, 0.6) is 0 Å². The van der Waals surface area contributed by atoms with Crippen LogP contribution in [0.1, 0.15) is 18.4 Å². The Hall–Kier alpha value is -0.990. The minimum atomic E-state index is -1.31. The van der Waals surface area contributed by atoms with E-state index in [0.717, 1.165) is 18.4 Å². The lowest BCUT2D eigenvalue weighted by atomic mass is 9.90. The predicted octanol–water partition coefficient (Wildman–Crippen LogP) is 3.54. The molecule has 1 saturated heterocycles. The lowest BCUT2D eigenvalue weighted by Gasteiger charge is -2.29. The molecule has 2 nitrogen and oxygen atoms in total. The quantitative estimate of drug-likeness (QED) is 0.604. The summed E-state index contributed by atoms with van der Waals surface area (Å²) in [5.41, 5.74) is 1.11. The van der Waals surface area contributed by atoms with Crippen molar-refractivity contribution in [1.82, 2.24) is 4.90 Å². The summed E-state index contributed by atoms with van der Waals surface area (Å²) >= 11 is 12.6. The maximum atomic E-state index is 12.4. The van der Waals surface area contributed by atoms with Crippen molar-refractivity contribution in [3.63, 3.8) is 0 Å². The van der Waals surface area contributed by atoms with Crippen LogP contribution in [0.25, 0.3) is 0 Å². The minimum absolute atomic E-state index is 0.0965. The molecule has 2 unspecified atom stereocenters. The third-order valence-electron chi connectivity index (χ3n) is 3.95. The van der Waals surface area contributed by atoms with Gasteiger partial charge in [0.25, 0.3) is 5.91 Å². The Morgan fingerprint density at radius 2 is 2.00 bits per heavy atom. The van der Waals surface area contributed by atoms with Crippen LogP contribution >= 0.6 is 23.2 Å². The van der Waals surface area contributed by atoms with E-state index in [0.29, 0.717) is 6.54 Å². The number of carbonyl (C=O) groups excluding carboxylic acids is 1. The maximum absolute atomic E-state index is 12.4. The Kier molecular flexibility index (Phi) is 3.32. The van der Waals surface area contributed by atoms with Gasteiger partial charge in [-0.1, -0.05) is 65.7 Å². The highest BCUT2D eigenvalue weighted by molar-refractivity contribution is 6.59. The lowest BCUT2D eigenvalue weighted by Crippen LogP contribution is -2.35. The van der Waals surface area contributed by atoms with Crippen molar-refractivity contribution < 1.29 is 4.79 Å². The van der Waals surface area contributed by atoms with E-state index in [-0.39, 0.29) is 17.9 Å². The van der Waals surface area contributed by atoms with Gasteiger partial charge >= 0.3 is 0 Å². The first-order valence-electron chi connectivity index (χ1n) is 6.50. The van der Waals surface area contributed by atoms with Crippen molar-refractivity contribution in [2.45, 2.75) is 29.8 Å². The van der Waals surface area contributed by atoms with Gasteiger partial charge in [-0.05, 0) is 18.4 Å². The third kappa shape index (κ3) is 2.17. The molecule has 0 aromatic heterocycles. The zero-order valence-electron chi connectivity index (χ0n) is 10.4. The highest BCUT2D eigenvalue weighted by Crippen LogP contribution is 2.47. The topological polar surface area (TPSA) is 20.3 Å². The predicted molar refractivity (Wildman–Crippen MR) is 77.1 cm³/mol. The number of hydrogen-bond acceptors (Lipinski definition) is 1. The van der Waals surface area contributed by atoms with Crippen molar-refractivity contribution in [3.8, 4) is 0 Å². The highest BCUT2D eigenvalue weighted by atomic mass is 35.5. The number of rotatable bonds is 2. The monoisotopic (exact) mass is 295 g/mol. The highest BCUT2D eigenvalue weighted by Gasteiger charge is 2.56. The standard InChI is InChI=1S/C15H15Cl2NO/c16-15(17)12-8-4-5-9-13(12)18(14(15)19)10-11-6-2-1-3-7-11/h1-4,6-8,12-13H,5,9-10H2. The molecule has 0 bridgehead atoms. The number of amides is 1.